The SMILES string of the molecule is C=CCCCCCCOC(=O)c1ccc(Br)cc1I. The van der Waals surface area contributed by atoms with Gasteiger partial charge in [-0.2, -0.15) is 0 Å². The highest BCUT2D eigenvalue weighted by Crippen LogP contribution is 2.19. The van der Waals surface area contributed by atoms with Crippen LogP contribution in [0.1, 0.15) is 42.5 Å². The van der Waals surface area contributed by atoms with Gasteiger partial charge in [0, 0.05) is 8.04 Å². The highest BCUT2D eigenvalue weighted by atomic mass is 127. The molecule has 0 unspecified atom stereocenters. The van der Waals surface area contributed by atoms with Gasteiger partial charge in [-0.3, -0.25) is 0 Å². The zero-order valence-corrected chi connectivity index (χ0v) is 14.6. The number of esters is 1. The first-order chi connectivity index (χ1) is 9.15. The molecule has 0 aliphatic carbocycles. The van der Waals surface area contributed by atoms with Gasteiger partial charge in [0.25, 0.3) is 0 Å². The molecule has 0 fully saturated rings. The van der Waals surface area contributed by atoms with Crippen LogP contribution >= 0.6 is 38.5 Å². The fourth-order valence-electron chi connectivity index (χ4n) is 1.64. The summed E-state index contributed by atoms with van der Waals surface area (Å²) in [7, 11) is 0. The molecule has 0 atom stereocenters. The molecule has 0 aliphatic rings. The van der Waals surface area contributed by atoms with E-state index < -0.39 is 0 Å². The number of carbonyl (C=O) groups is 1. The summed E-state index contributed by atoms with van der Waals surface area (Å²) in [6.07, 6.45) is 7.36. The second-order valence-electron chi connectivity index (χ2n) is 4.25. The number of rotatable bonds is 8. The van der Waals surface area contributed by atoms with Crippen LogP contribution in [-0.4, -0.2) is 12.6 Å². The number of benzene rings is 1. The van der Waals surface area contributed by atoms with Crippen LogP contribution in [0.15, 0.2) is 35.3 Å². The van der Waals surface area contributed by atoms with Gasteiger partial charge in [-0.1, -0.05) is 34.8 Å². The summed E-state index contributed by atoms with van der Waals surface area (Å²) < 4.78 is 7.15. The molecule has 1 rings (SSSR count). The lowest BCUT2D eigenvalue weighted by atomic mass is 10.1. The maximum atomic E-state index is 11.9. The molecule has 0 bridgehead atoms. The molecule has 4 heteroatoms. The third-order valence-electron chi connectivity index (χ3n) is 2.69. The van der Waals surface area contributed by atoms with Crippen LogP contribution in [0.5, 0.6) is 0 Å². The third-order valence-corrected chi connectivity index (χ3v) is 4.07. The summed E-state index contributed by atoms with van der Waals surface area (Å²) in [6.45, 7) is 4.19. The molecule has 0 saturated heterocycles. The molecule has 0 spiro atoms. The van der Waals surface area contributed by atoms with Gasteiger partial charge in [0.05, 0.1) is 12.2 Å². The van der Waals surface area contributed by atoms with Crippen molar-refractivity contribution >= 4 is 44.5 Å². The van der Waals surface area contributed by atoms with Crippen molar-refractivity contribution in [3.8, 4) is 0 Å². The second kappa shape index (κ2) is 9.53. The molecule has 104 valence electrons. The highest BCUT2D eigenvalue weighted by Gasteiger charge is 2.11. The zero-order chi connectivity index (χ0) is 14.1. The maximum absolute atomic E-state index is 11.9. The summed E-state index contributed by atoms with van der Waals surface area (Å²) >= 11 is 5.52. The van der Waals surface area contributed by atoms with Crippen LogP contribution in [0.4, 0.5) is 0 Å². The highest BCUT2D eigenvalue weighted by molar-refractivity contribution is 14.1. The Labute approximate surface area is 136 Å². The van der Waals surface area contributed by atoms with E-state index in [0.29, 0.717) is 12.2 Å². The summed E-state index contributed by atoms with van der Waals surface area (Å²) in [4.78, 5) is 11.9. The lowest BCUT2D eigenvalue weighted by molar-refractivity contribution is 0.0496. The molecule has 2 nitrogen and oxygen atoms in total. The predicted molar refractivity (Wildman–Crippen MR) is 90.4 cm³/mol. The van der Waals surface area contributed by atoms with E-state index in [9.17, 15) is 4.79 Å². The van der Waals surface area contributed by atoms with E-state index in [4.69, 9.17) is 4.74 Å². The van der Waals surface area contributed by atoms with Crippen molar-refractivity contribution in [1.82, 2.24) is 0 Å². The van der Waals surface area contributed by atoms with Crippen LogP contribution < -0.4 is 0 Å². The van der Waals surface area contributed by atoms with Crippen LogP contribution in [0.2, 0.25) is 0 Å². The van der Waals surface area contributed by atoms with Crippen molar-refractivity contribution in [2.24, 2.45) is 0 Å². The lowest BCUT2D eigenvalue weighted by Crippen LogP contribution is -2.08. The summed E-state index contributed by atoms with van der Waals surface area (Å²) in [5, 5.41) is 0. The van der Waals surface area contributed by atoms with Crippen molar-refractivity contribution in [3.63, 3.8) is 0 Å². The van der Waals surface area contributed by atoms with Gasteiger partial charge in [-0.05, 0) is 60.1 Å². The molecule has 0 saturated carbocycles. The minimum absolute atomic E-state index is 0.233. The predicted octanol–water partition coefficient (Wildman–Crippen LogP) is 5.35. The molecule has 0 aromatic heterocycles. The van der Waals surface area contributed by atoms with Gasteiger partial charge in [0.15, 0.2) is 0 Å². The number of halogens is 2. The Morgan fingerprint density at radius 2 is 2.05 bits per heavy atom. The number of ether oxygens (including phenoxy) is 1. The normalized spacial score (nSPS) is 10.2. The van der Waals surface area contributed by atoms with Crippen molar-refractivity contribution in [2.45, 2.75) is 32.1 Å². The Morgan fingerprint density at radius 1 is 1.32 bits per heavy atom. The van der Waals surface area contributed by atoms with E-state index in [2.05, 4.69) is 45.1 Å². The van der Waals surface area contributed by atoms with E-state index in [1.807, 2.05) is 18.2 Å². The van der Waals surface area contributed by atoms with Crippen LogP contribution in [-0.2, 0) is 4.74 Å². The minimum atomic E-state index is -0.233. The summed E-state index contributed by atoms with van der Waals surface area (Å²) in [6, 6.07) is 5.55. The fourth-order valence-corrected chi connectivity index (χ4v) is 3.17. The average Bonchev–Trinajstić information content (AvgIpc) is 2.37. The Balaban J connectivity index is 2.26. The minimum Gasteiger partial charge on any atom is -0.462 e. The Kier molecular flexibility index (Phi) is 8.37. The van der Waals surface area contributed by atoms with Gasteiger partial charge >= 0.3 is 5.97 Å². The van der Waals surface area contributed by atoms with Gasteiger partial charge in [-0.15, -0.1) is 6.58 Å². The molecular formula is C15H18BrIO2. The monoisotopic (exact) mass is 436 g/mol. The number of unbranched alkanes of at least 4 members (excludes halogenated alkanes) is 4. The quantitative estimate of drug-likeness (QED) is 0.237. The lowest BCUT2D eigenvalue weighted by Gasteiger charge is -2.06. The third kappa shape index (κ3) is 6.56. The first-order valence-corrected chi connectivity index (χ1v) is 8.25. The van der Waals surface area contributed by atoms with Gasteiger partial charge in [-0.25, -0.2) is 4.79 Å². The van der Waals surface area contributed by atoms with E-state index in [0.717, 1.165) is 27.3 Å². The van der Waals surface area contributed by atoms with Crippen molar-refractivity contribution in [3.05, 3.63) is 44.5 Å². The number of hydrogen-bond donors (Lipinski definition) is 0. The molecule has 19 heavy (non-hydrogen) atoms. The van der Waals surface area contributed by atoms with Gasteiger partial charge in [0.2, 0.25) is 0 Å². The van der Waals surface area contributed by atoms with E-state index in [1.165, 1.54) is 12.8 Å². The molecular weight excluding hydrogens is 419 g/mol. The molecule has 0 N–H and O–H groups in total. The molecule has 0 aliphatic heterocycles. The van der Waals surface area contributed by atoms with E-state index in [1.54, 1.807) is 6.07 Å². The fraction of sp³-hybridized carbons (Fsp3) is 0.400. The maximum Gasteiger partial charge on any atom is 0.339 e. The second-order valence-corrected chi connectivity index (χ2v) is 6.33. The smallest absolute Gasteiger partial charge is 0.339 e. The van der Waals surface area contributed by atoms with Crippen molar-refractivity contribution < 1.29 is 9.53 Å². The molecule has 0 amide bonds. The van der Waals surface area contributed by atoms with E-state index >= 15 is 0 Å². The van der Waals surface area contributed by atoms with Crippen molar-refractivity contribution in [1.29, 1.82) is 0 Å². The average molecular weight is 437 g/mol. The number of hydrogen-bond acceptors (Lipinski definition) is 2. The van der Waals surface area contributed by atoms with Crippen molar-refractivity contribution in [2.75, 3.05) is 6.61 Å². The van der Waals surface area contributed by atoms with Crippen LogP contribution in [0.3, 0.4) is 0 Å². The number of allylic oxidation sites excluding steroid dienone is 1. The first-order valence-electron chi connectivity index (χ1n) is 6.38. The Hall–Kier alpha value is -0.360. The summed E-state index contributed by atoms with van der Waals surface area (Å²) in [5.41, 5.74) is 0.635. The zero-order valence-electron chi connectivity index (χ0n) is 10.8. The molecule has 0 radical (unpaired) electrons. The first kappa shape index (κ1) is 16.7. The van der Waals surface area contributed by atoms with Gasteiger partial charge < -0.3 is 4.74 Å². The standard InChI is InChI=1S/C15H18BrIO2/c1-2-3-4-5-6-7-10-19-15(18)13-9-8-12(16)11-14(13)17/h2,8-9,11H,1,3-7,10H2. The van der Waals surface area contributed by atoms with Crippen LogP contribution in [0.25, 0.3) is 0 Å². The molecule has 1 aromatic carbocycles. The Morgan fingerprint density at radius 3 is 2.74 bits per heavy atom. The van der Waals surface area contributed by atoms with E-state index in [-0.39, 0.29) is 5.97 Å². The number of carbonyl (C=O) groups excluding carboxylic acids is 1. The van der Waals surface area contributed by atoms with Gasteiger partial charge in [0.1, 0.15) is 0 Å². The molecule has 1 aromatic rings. The summed E-state index contributed by atoms with van der Waals surface area (Å²) in [5.74, 6) is -0.233. The topological polar surface area (TPSA) is 26.3 Å². The van der Waals surface area contributed by atoms with Crippen LogP contribution in [0, 0.1) is 3.57 Å². The largest absolute Gasteiger partial charge is 0.462 e. The molecule has 0 heterocycles. The Bertz CT molecular complexity index is 432.